The number of aromatic nitrogens is 3. The maximum Gasteiger partial charge on any atom is 0.255 e. The zero-order valence-electron chi connectivity index (χ0n) is 17.7. The molecule has 0 atom stereocenters. The lowest BCUT2D eigenvalue weighted by Gasteiger charge is -2.10. The monoisotopic (exact) mass is 459 g/mol. The van der Waals surface area contributed by atoms with Crippen molar-refractivity contribution < 1.29 is 14.3 Å². The molecule has 2 amide bonds. The highest BCUT2D eigenvalue weighted by molar-refractivity contribution is 7.71. The van der Waals surface area contributed by atoms with Crippen LogP contribution in [0.3, 0.4) is 0 Å². The van der Waals surface area contributed by atoms with Crippen LogP contribution in [0.4, 0.5) is 11.4 Å². The summed E-state index contributed by atoms with van der Waals surface area (Å²) in [7, 11) is 1.59. The van der Waals surface area contributed by atoms with Crippen LogP contribution in [0.25, 0.3) is 11.4 Å². The summed E-state index contributed by atoms with van der Waals surface area (Å²) in [4.78, 5) is 25.1. The third kappa shape index (κ3) is 5.34. The molecule has 0 aliphatic rings. The van der Waals surface area contributed by atoms with Gasteiger partial charge < -0.3 is 15.4 Å². The normalized spacial score (nSPS) is 10.5. The highest BCUT2D eigenvalue weighted by Crippen LogP contribution is 2.21. The first-order chi connectivity index (χ1) is 16.0. The van der Waals surface area contributed by atoms with Gasteiger partial charge in [0.2, 0.25) is 5.91 Å². The lowest BCUT2D eigenvalue weighted by Crippen LogP contribution is -2.19. The zero-order valence-corrected chi connectivity index (χ0v) is 18.6. The van der Waals surface area contributed by atoms with E-state index in [1.54, 1.807) is 60.2 Å². The molecule has 8 nitrogen and oxygen atoms in total. The first kappa shape index (κ1) is 22.0. The second-order valence-electron chi connectivity index (χ2n) is 7.12. The molecule has 4 aromatic rings. The van der Waals surface area contributed by atoms with Gasteiger partial charge in [0, 0.05) is 22.5 Å². The van der Waals surface area contributed by atoms with E-state index in [-0.39, 0.29) is 18.4 Å². The Morgan fingerprint density at radius 3 is 2.36 bits per heavy atom. The van der Waals surface area contributed by atoms with Gasteiger partial charge in [-0.2, -0.15) is 5.10 Å². The van der Waals surface area contributed by atoms with E-state index in [0.29, 0.717) is 27.5 Å². The molecule has 0 radical (unpaired) electrons. The number of carbonyl (C=O) groups excluding carboxylic acids is 2. The number of benzene rings is 3. The number of amides is 2. The Balaban J connectivity index is 1.45. The van der Waals surface area contributed by atoms with Crippen molar-refractivity contribution in [3.8, 4) is 17.1 Å². The number of methoxy groups -OCH3 is 1. The molecule has 0 aliphatic carbocycles. The minimum Gasteiger partial charge on any atom is -0.497 e. The number of rotatable bonds is 7. The van der Waals surface area contributed by atoms with Gasteiger partial charge in [-0.25, -0.2) is 0 Å². The molecule has 166 valence electrons. The van der Waals surface area contributed by atoms with Crippen molar-refractivity contribution >= 4 is 35.4 Å². The molecule has 0 saturated heterocycles. The predicted octanol–water partition coefficient (Wildman–Crippen LogP) is 4.51. The van der Waals surface area contributed by atoms with Gasteiger partial charge in [-0.3, -0.25) is 19.3 Å². The first-order valence-electron chi connectivity index (χ1n) is 10.1. The molecule has 0 bridgehead atoms. The van der Waals surface area contributed by atoms with Crippen molar-refractivity contribution in [2.75, 3.05) is 17.7 Å². The maximum atomic E-state index is 12.7. The predicted molar refractivity (Wildman–Crippen MR) is 129 cm³/mol. The summed E-state index contributed by atoms with van der Waals surface area (Å²) in [5.41, 5.74) is 2.46. The van der Waals surface area contributed by atoms with Gasteiger partial charge in [-0.05, 0) is 66.8 Å². The van der Waals surface area contributed by atoms with Gasteiger partial charge in [0.1, 0.15) is 12.3 Å². The molecule has 0 saturated carbocycles. The van der Waals surface area contributed by atoms with Crippen molar-refractivity contribution in [1.82, 2.24) is 14.8 Å². The molecule has 33 heavy (non-hydrogen) atoms. The summed E-state index contributed by atoms with van der Waals surface area (Å²) in [6.07, 6.45) is 0. The number of hydrogen-bond acceptors (Lipinski definition) is 5. The lowest BCUT2D eigenvalue weighted by atomic mass is 10.2. The molecule has 9 heteroatoms. The van der Waals surface area contributed by atoms with Crippen LogP contribution in [-0.2, 0) is 11.3 Å². The summed E-state index contributed by atoms with van der Waals surface area (Å²) in [6.45, 7) is -0.0305. The van der Waals surface area contributed by atoms with Crippen LogP contribution in [0.15, 0.2) is 78.9 Å². The number of H-pyrrole nitrogens is 1. The number of anilines is 2. The molecule has 0 aliphatic heterocycles. The molecular formula is C24H21N5O3S. The summed E-state index contributed by atoms with van der Waals surface area (Å²) >= 11 is 5.31. The zero-order chi connectivity index (χ0) is 23.2. The number of carbonyl (C=O) groups is 2. The van der Waals surface area contributed by atoms with Crippen LogP contribution < -0.4 is 15.4 Å². The van der Waals surface area contributed by atoms with Gasteiger partial charge >= 0.3 is 0 Å². The van der Waals surface area contributed by atoms with Crippen LogP contribution in [-0.4, -0.2) is 33.7 Å². The van der Waals surface area contributed by atoms with Gasteiger partial charge in [-0.15, -0.1) is 0 Å². The summed E-state index contributed by atoms with van der Waals surface area (Å²) in [5.74, 6) is 0.750. The molecule has 1 heterocycles. The average molecular weight is 460 g/mol. The Kier molecular flexibility index (Phi) is 6.61. The number of aromatic amines is 1. The number of hydrogen-bond donors (Lipinski definition) is 3. The van der Waals surface area contributed by atoms with Crippen LogP contribution in [0.5, 0.6) is 5.75 Å². The molecule has 0 spiro atoms. The standard InChI is InChI=1S/C24H21N5O3S/c1-32-20-12-10-16(11-13-20)22-27-28-24(33)29(22)15-21(30)25-18-8-5-9-19(14-18)26-23(31)17-6-3-2-4-7-17/h2-14H,15H2,1H3,(H,25,30)(H,26,31)(H,28,33). The Morgan fingerprint density at radius 2 is 1.67 bits per heavy atom. The topological polar surface area (TPSA) is 101 Å². The molecule has 3 aromatic carbocycles. The fourth-order valence-electron chi connectivity index (χ4n) is 3.24. The SMILES string of the molecule is COc1ccc(-c2n[nH]c(=S)n2CC(=O)Nc2cccc(NC(=O)c3ccccc3)c2)cc1. The van der Waals surface area contributed by atoms with E-state index in [2.05, 4.69) is 20.8 Å². The Labute approximate surface area is 195 Å². The second-order valence-corrected chi connectivity index (χ2v) is 7.50. The lowest BCUT2D eigenvalue weighted by molar-refractivity contribution is -0.116. The first-order valence-corrected chi connectivity index (χ1v) is 10.5. The molecule has 0 unspecified atom stereocenters. The smallest absolute Gasteiger partial charge is 0.255 e. The van der Waals surface area contributed by atoms with Crippen LogP contribution >= 0.6 is 12.2 Å². The van der Waals surface area contributed by atoms with Crippen LogP contribution in [0.2, 0.25) is 0 Å². The molecule has 4 rings (SSSR count). The highest BCUT2D eigenvalue weighted by atomic mass is 32.1. The molecule has 3 N–H and O–H groups in total. The molecular weight excluding hydrogens is 438 g/mol. The summed E-state index contributed by atoms with van der Waals surface area (Å²) in [5, 5.41) is 12.7. The minimum absolute atomic E-state index is 0.0305. The van der Waals surface area contributed by atoms with E-state index in [4.69, 9.17) is 17.0 Å². The van der Waals surface area contributed by atoms with Crippen molar-refractivity contribution in [2.45, 2.75) is 6.54 Å². The van der Waals surface area contributed by atoms with Crippen LogP contribution in [0, 0.1) is 4.77 Å². The Hall–Kier alpha value is -4.24. The van der Waals surface area contributed by atoms with Crippen molar-refractivity contribution in [3.05, 3.63) is 89.2 Å². The highest BCUT2D eigenvalue weighted by Gasteiger charge is 2.13. The molecule has 1 aromatic heterocycles. The van der Waals surface area contributed by atoms with E-state index < -0.39 is 0 Å². The summed E-state index contributed by atoms with van der Waals surface area (Å²) in [6, 6.07) is 23.2. The third-order valence-electron chi connectivity index (χ3n) is 4.85. The molecule has 0 fully saturated rings. The summed E-state index contributed by atoms with van der Waals surface area (Å²) < 4.78 is 7.14. The van der Waals surface area contributed by atoms with E-state index >= 15 is 0 Å². The number of nitrogens with zero attached hydrogens (tertiary/aromatic N) is 2. The minimum atomic E-state index is -0.284. The number of ether oxygens (including phenoxy) is 1. The van der Waals surface area contributed by atoms with Gasteiger partial charge in [0.05, 0.1) is 7.11 Å². The quantitative estimate of drug-likeness (QED) is 0.353. The van der Waals surface area contributed by atoms with Crippen molar-refractivity contribution in [1.29, 1.82) is 0 Å². The van der Waals surface area contributed by atoms with Gasteiger partial charge in [0.25, 0.3) is 5.91 Å². The Bertz CT molecular complexity index is 1330. The Morgan fingerprint density at radius 1 is 0.970 bits per heavy atom. The van der Waals surface area contributed by atoms with Gasteiger partial charge in [-0.1, -0.05) is 24.3 Å². The number of nitrogens with one attached hydrogen (secondary N) is 3. The average Bonchev–Trinajstić information content (AvgIpc) is 3.19. The van der Waals surface area contributed by atoms with E-state index in [9.17, 15) is 9.59 Å². The van der Waals surface area contributed by atoms with Crippen molar-refractivity contribution in [3.63, 3.8) is 0 Å². The van der Waals surface area contributed by atoms with E-state index in [0.717, 1.165) is 11.3 Å². The fraction of sp³-hybridized carbons (Fsp3) is 0.0833. The van der Waals surface area contributed by atoms with E-state index in [1.165, 1.54) is 0 Å². The maximum absolute atomic E-state index is 12.7. The van der Waals surface area contributed by atoms with Crippen molar-refractivity contribution in [2.24, 2.45) is 0 Å². The fourth-order valence-corrected chi connectivity index (χ4v) is 3.43. The van der Waals surface area contributed by atoms with Crippen LogP contribution in [0.1, 0.15) is 10.4 Å². The largest absolute Gasteiger partial charge is 0.497 e. The van der Waals surface area contributed by atoms with E-state index in [1.807, 2.05) is 30.3 Å². The second kappa shape index (κ2) is 9.92. The van der Waals surface area contributed by atoms with Gasteiger partial charge in [0.15, 0.2) is 10.6 Å². The third-order valence-corrected chi connectivity index (χ3v) is 5.16.